The molecule has 0 saturated carbocycles. The first-order chi connectivity index (χ1) is 9.13. The van der Waals surface area contributed by atoms with Gasteiger partial charge in [0.15, 0.2) is 0 Å². The number of carbonyl (C=O) groups excluding carboxylic acids is 1. The van der Waals surface area contributed by atoms with Crippen LogP contribution >= 0.6 is 11.6 Å². The van der Waals surface area contributed by atoms with Crippen LogP contribution in [0, 0.1) is 6.92 Å². The molecule has 0 unspecified atom stereocenters. The first kappa shape index (κ1) is 13.6. The van der Waals surface area contributed by atoms with Crippen molar-refractivity contribution >= 4 is 17.9 Å². The molecule has 0 radical (unpaired) electrons. The Morgan fingerprint density at radius 2 is 2.21 bits per heavy atom. The predicted molar refractivity (Wildman–Crippen MR) is 73.8 cm³/mol. The average Bonchev–Trinajstić information content (AvgIpc) is 2.77. The third-order valence-electron chi connectivity index (χ3n) is 2.75. The van der Waals surface area contributed by atoms with Gasteiger partial charge in [-0.15, -0.1) is 0 Å². The van der Waals surface area contributed by atoms with Gasteiger partial charge >= 0.3 is 0 Å². The highest BCUT2D eigenvalue weighted by Gasteiger charge is 2.07. The van der Waals surface area contributed by atoms with Gasteiger partial charge in [0.25, 0.3) is 0 Å². The molecule has 1 aromatic carbocycles. The Morgan fingerprint density at radius 1 is 1.42 bits per heavy atom. The van der Waals surface area contributed by atoms with Crippen LogP contribution in [0.4, 0.5) is 0 Å². The van der Waals surface area contributed by atoms with E-state index in [1.807, 2.05) is 24.6 Å². The quantitative estimate of drug-likeness (QED) is 0.789. The molecule has 0 aliphatic heterocycles. The standard InChI is InChI=1S/C14H15ClN2O2/c1-3-17-12(6-10(2)16-17)9-19-14-5-4-11(8-18)7-13(14)15/h4-8H,3,9H2,1-2H3. The number of halogens is 1. The van der Waals surface area contributed by atoms with E-state index in [1.165, 1.54) is 0 Å². The number of carbonyl (C=O) groups is 1. The van der Waals surface area contributed by atoms with E-state index < -0.39 is 0 Å². The summed E-state index contributed by atoms with van der Waals surface area (Å²) in [5, 5.41) is 4.78. The Balaban J connectivity index is 2.11. The highest BCUT2D eigenvalue weighted by Crippen LogP contribution is 2.25. The zero-order chi connectivity index (χ0) is 13.8. The van der Waals surface area contributed by atoms with E-state index in [-0.39, 0.29) is 0 Å². The van der Waals surface area contributed by atoms with Crippen LogP contribution in [0.5, 0.6) is 5.75 Å². The Bertz CT molecular complexity index is 593. The van der Waals surface area contributed by atoms with Crippen LogP contribution in [0.25, 0.3) is 0 Å². The lowest BCUT2D eigenvalue weighted by molar-refractivity contribution is 0.112. The zero-order valence-corrected chi connectivity index (χ0v) is 11.6. The van der Waals surface area contributed by atoms with Crippen LogP contribution in [-0.4, -0.2) is 16.1 Å². The molecule has 0 spiro atoms. The summed E-state index contributed by atoms with van der Waals surface area (Å²) in [6.45, 7) is 5.17. The second-order valence-corrected chi connectivity index (χ2v) is 4.60. The molecule has 0 atom stereocenters. The van der Waals surface area contributed by atoms with Crippen molar-refractivity contribution in [3.05, 3.63) is 46.2 Å². The van der Waals surface area contributed by atoms with Crippen LogP contribution in [-0.2, 0) is 13.2 Å². The molecule has 0 amide bonds. The first-order valence-corrected chi connectivity index (χ1v) is 6.42. The van der Waals surface area contributed by atoms with E-state index in [0.29, 0.717) is 22.9 Å². The van der Waals surface area contributed by atoms with Gasteiger partial charge in [0, 0.05) is 12.1 Å². The van der Waals surface area contributed by atoms with Crippen molar-refractivity contribution in [1.82, 2.24) is 9.78 Å². The van der Waals surface area contributed by atoms with Crippen molar-refractivity contribution in [2.24, 2.45) is 0 Å². The van der Waals surface area contributed by atoms with Crippen molar-refractivity contribution in [3.63, 3.8) is 0 Å². The monoisotopic (exact) mass is 278 g/mol. The Hall–Kier alpha value is -1.81. The molecule has 4 nitrogen and oxygen atoms in total. The Labute approximate surface area is 116 Å². The summed E-state index contributed by atoms with van der Waals surface area (Å²) in [5.74, 6) is 0.564. The normalized spacial score (nSPS) is 10.5. The largest absolute Gasteiger partial charge is 0.486 e. The van der Waals surface area contributed by atoms with Crippen LogP contribution in [0.15, 0.2) is 24.3 Å². The number of hydrogen-bond donors (Lipinski definition) is 0. The average molecular weight is 279 g/mol. The summed E-state index contributed by atoms with van der Waals surface area (Å²) < 4.78 is 7.56. The highest BCUT2D eigenvalue weighted by atomic mass is 35.5. The molecule has 5 heteroatoms. The van der Waals surface area contributed by atoms with Crippen molar-refractivity contribution in [1.29, 1.82) is 0 Å². The van der Waals surface area contributed by atoms with E-state index in [9.17, 15) is 4.79 Å². The maximum Gasteiger partial charge on any atom is 0.150 e. The molecule has 1 heterocycles. The van der Waals surface area contributed by atoms with E-state index >= 15 is 0 Å². The maximum atomic E-state index is 10.6. The topological polar surface area (TPSA) is 44.1 Å². The fourth-order valence-corrected chi connectivity index (χ4v) is 2.09. The third kappa shape index (κ3) is 3.15. The second kappa shape index (κ2) is 5.89. The van der Waals surface area contributed by atoms with Crippen molar-refractivity contribution in [3.8, 4) is 5.75 Å². The molecular weight excluding hydrogens is 264 g/mol. The number of aryl methyl sites for hydroxylation is 2. The fourth-order valence-electron chi connectivity index (χ4n) is 1.85. The number of rotatable bonds is 5. The summed E-state index contributed by atoms with van der Waals surface area (Å²) in [4.78, 5) is 10.6. The van der Waals surface area contributed by atoms with E-state index in [1.54, 1.807) is 18.2 Å². The number of benzene rings is 1. The molecule has 0 aliphatic rings. The molecule has 0 N–H and O–H groups in total. The van der Waals surface area contributed by atoms with Gasteiger partial charge in [-0.2, -0.15) is 5.10 Å². The molecule has 0 bridgehead atoms. The number of ether oxygens (including phenoxy) is 1. The highest BCUT2D eigenvalue weighted by molar-refractivity contribution is 6.32. The first-order valence-electron chi connectivity index (χ1n) is 6.05. The summed E-state index contributed by atoms with van der Waals surface area (Å²) in [6, 6.07) is 6.95. The van der Waals surface area contributed by atoms with Gasteiger partial charge in [-0.1, -0.05) is 11.6 Å². The summed E-state index contributed by atoms with van der Waals surface area (Å²) >= 11 is 6.05. The van der Waals surface area contributed by atoms with Gasteiger partial charge in [-0.25, -0.2) is 0 Å². The van der Waals surface area contributed by atoms with Crippen LogP contribution in [0.2, 0.25) is 5.02 Å². The predicted octanol–water partition coefficient (Wildman–Crippen LogP) is 3.26. The molecule has 0 saturated heterocycles. The smallest absolute Gasteiger partial charge is 0.150 e. The number of nitrogens with zero attached hydrogens (tertiary/aromatic N) is 2. The fraction of sp³-hybridized carbons (Fsp3) is 0.286. The number of hydrogen-bond acceptors (Lipinski definition) is 3. The summed E-state index contributed by atoms with van der Waals surface area (Å²) in [5.41, 5.74) is 2.49. The van der Waals surface area contributed by atoms with Gasteiger partial charge in [0.1, 0.15) is 18.6 Å². The Morgan fingerprint density at radius 3 is 2.84 bits per heavy atom. The third-order valence-corrected chi connectivity index (χ3v) is 3.05. The number of aromatic nitrogens is 2. The van der Waals surface area contributed by atoms with Gasteiger partial charge in [-0.3, -0.25) is 9.48 Å². The molecule has 1 aromatic heterocycles. The lowest BCUT2D eigenvalue weighted by atomic mass is 10.2. The van der Waals surface area contributed by atoms with Crippen LogP contribution < -0.4 is 4.74 Å². The summed E-state index contributed by atoms with van der Waals surface area (Å²) in [6.07, 6.45) is 0.755. The van der Waals surface area contributed by atoms with Crippen molar-refractivity contribution in [2.45, 2.75) is 27.0 Å². The van der Waals surface area contributed by atoms with Gasteiger partial charge in [-0.05, 0) is 38.1 Å². The molecule has 19 heavy (non-hydrogen) atoms. The minimum absolute atomic E-state index is 0.398. The second-order valence-electron chi connectivity index (χ2n) is 4.19. The van der Waals surface area contributed by atoms with Crippen LogP contribution in [0.1, 0.15) is 28.7 Å². The number of aldehydes is 1. The minimum Gasteiger partial charge on any atom is -0.486 e. The molecule has 0 fully saturated rings. The molecule has 100 valence electrons. The van der Waals surface area contributed by atoms with Gasteiger partial charge in [0.2, 0.25) is 0 Å². The van der Waals surface area contributed by atoms with Gasteiger partial charge < -0.3 is 4.74 Å². The van der Waals surface area contributed by atoms with E-state index in [2.05, 4.69) is 5.10 Å². The van der Waals surface area contributed by atoms with Crippen molar-refractivity contribution < 1.29 is 9.53 Å². The molecular formula is C14H15ClN2O2. The molecule has 0 aliphatic carbocycles. The minimum atomic E-state index is 0.398. The maximum absolute atomic E-state index is 10.6. The van der Waals surface area contributed by atoms with E-state index in [0.717, 1.165) is 24.2 Å². The van der Waals surface area contributed by atoms with Gasteiger partial charge in [0.05, 0.1) is 16.4 Å². The molecule has 2 rings (SSSR count). The lowest BCUT2D eigenvalue weighted by Gasteiger charge is -2.09. The molecule has 2 aromatic rings. The Kier molecular flexibility index (Phi) is 4.22. The lowest BCUT2D eigenvalue weighted by Crippen LogP contribution is -2.06. The SMILES string of the molecule is CCn1nc(C)cc1COc1ccc(C=O)cc1Cl. The van der Waals surface area contributed by atoms with E-state index in [4.69, 9.17) is 16.3 Å². The van der Waals surface area contributed by atoms with Crippen LogP contribution in [0.3, 0.4) is 0 Å². The van der Waals surface area contributed by atoms with Crippen molar-refractivity contribution in [2.75, 3.05) is 0 Å². The zero-order valence-electron chi connectivity index (χ0n) is 10.9. The summed E-state index contributed by atoms with van der Waals surface area (Å²) in [7, 11) is 0.